The molecule has 0 aromatic carbocycles. The fourth-order valence-corrected chi connectivity index (χ4v) is 4.48. The minimum absolute atomic E-state index is 0.143. The van der Waals surface area contributed by atoms with Crippen molar-refractivity contribution in [3.63, 3.8) is 0 Å². The standard InChI is InChI=1S/C18H30N4O3/c1-3-21-11-7-14(8-12-21)19-15(23)13-22-16(24)18(20(2)17(22)25)9-5-4-6-10-18/h14H,3-13H2,1-2H3,(H,19,23). The van der Waals surface area contributed by atoms with Crippen LogP contribution in [-0.2, 0) is 9.59 Å². The van der Waals surface area contributed by atoms with Gasteiger partial charge in [0.2, 0.25) is 5.91 Å². The first-order chi connectivity index (χ1) is 12.0. The Morgan fingerprint density at radius 1 is 1.16 bits per heavy atom. The monoisotopic (exact) mass is 350 g/mol. The number of urea groups is 1. The van der Waals surface area contributed by atoms with Crippen molar-refractivity contribution in [2.24, 2.45) is 0 Å². The summed E-state index contributed by atoms with van der Waals surface area (Å²) < 4.78 is 0. The van der Waals surface area contributed by atoms with E-state index in [9.17, 15) is 14.4 Å². The van der Waals surface area contributed by atoms with Crippen molar-refractivity contribution in [1.82, 2.24) is 20.0 Å². The first-order valence-corrected chi connectivity index (χ1v) is 9.59. The third kappa shape index (κ3) is 3.38. The SMILES string of the molecule is CCN1CCC(NC(=O)CN2C(=O)N(C)C3(CCCCC3)C2=O)CC1. The molecule has 2 heterocycles. The van der Waals surface area contributed by atoms with Gasteiger partial charge in [0.25, 0.3) is 5.91 Å². The molecule has 1 saturated carbocycles. The minimum Gasteiger partial charge on any atom is -0.352 e. The molecule has 0 bridgehead atoms. The van der Waals surface area contributed by atoms with Crippen molar-refractivity contribution in [2.75, 3.05) is 33.2 Å². The van der Waals surface area contributed by atoms with Crippen LogP contribution in [0.15, 0.2) is 0 Å². The molecule has 1 spiro atoms. The molecule has 3 aliphatic rings. The van der Waals surface area contributed by atoms with E-state index in [-0.39, 0.29) is 30.4 Å². The van der Waals surface area contributed by atoms with Crippen LogP contribution in [0.2, 0.25) is 0 Å². The van der Waals surface area contributed by atoms with Gasteiger partial charge in [0, 0.05) is 26.2 Å². The van der Waals surface area contributed by atoms with Crippen LogP contribution in [0.3, 0.4) is 0 Å². The first kappa shape index (κ1) is 18.2. The topological polar surface area (TPSA) is 73.0 Å². The van der Waals surface area contributed by atoms with Crippen LogP contribution in [0.4, 0.5) is 4.79 Å². The number of rotatable bonds is 4. The van der Waals surface area contributed by atoms with E-state index >= 15 is 0 Å². The molecule has 2 saturated heterocycles. The van der Waals surface area contributed by atoms with Gasteiger partial charge in [0.15, 0.2) is 0 Å². The maximum atomic E-state index is 12.9. The first-order valence-electron chi connectivity index (χ1n) is 9.59. The van der Waals surface area contributed by atoms with E-state index in [4.69, 9.17) is 0 Å². The highest BCUT2D eigenvalue weighted by atomic mass is 16.2. The van der Waals surface area contributed by atoms with Gasteiger partial charge in [-0.2, -0.15) is 0 Å². The number of hydrogen-bond acceptors (Lipinski definition) is 4. The summed E-state index contributed by atoms with van der Waals surface area (Å²) in [6, 6.07) is -0.188. The summed E-state index contributed by atoms with van der Waals surface area (Å²) in [5.74, 6) is -0.409. The number of piperidine rings is 1. The molecule has 0 atom stereocenters. The highest BCUT2D eigenvalue weighted by Crippen LogP contribution is 2.39. The molecule has 2 aliphatic heterocycles. The predicted octanol–water partition coefficient (Wildman–Crippen LogP) is 1.18. The van der Waals surface area contributed by atoms with E-state index in [2.05, 4.69) is 17.1 Å². The normalized spacial score (nSPS) is 25.0. The van der Waals surface area contributed by atoms with Crippen molar-refractivity contribution in [3.8, 4) is 0 Å². The van der Waals surface area contributed by atoms with E-state index in [0.717, 1.165) is 56.6 Å². The number of imide groups is 1. The van der Waals surface area contributed by atoms with Gasteiger partial charge in [0.05, 0.1) is 0 Å². The molecule has 4 amide bonds. The summed E-state index contributed by atoms with van der Waals surface area (Å²) >= 11 is 0. The Balaban J connectivity index is 1.58. The fourth-order valence-electron chi connectivity index (χ4n) is 4.48. The molecule has 140 valence electrons. The molecule has 1 aliphatic carbocycles. The Morgan fingerprint density at radius 2 is 1.80 bits per heavy atom. The van der Waals surface area contributed by atoms with E-state index in [1.54, 1.807) is 11.9 Å². The number of hydrogen-bond donors (Lipinski definition) is 1. The second-order valence-electron chi connectivity index (χ2n) is 7.60. The summed E-state index contributed by atoms with van der Waals surface area (Å²) in [5, 5.41) is 3.01. The van der Waals surface area contributed by atoms with E-state index in [1.807, 2.05) is 0 Å². The van der Waals surface area contributed by atoms with Crippen LogP contribution >= 0.6 is 0 Å². The van der Waals surface area contributed by atoms with E-state index < -0.39 is 5.54 Å². The molecule has 3 rings (SSSR count). The van der Waals surface area contributed by atoms with Crippen LogP contribution in [0, 0.1) is 0 Å². The van der Waals surface area contributed by atoms with Gasteiger partial charge in [-0.05, 0) is 32.2 Å². The predicted molar refractivity (Wildman–Crippen MR) is 94.0 cm³/mol. The molecule has 3 fully saturated rings. The zero-order valence-electron chi connectivity index (χ0n) is 15.4. The fraction of sp³-hybridized carbons (Fsp3) is 0.833. The van der Waals surface area contributed by atoms with E-state index in [0.29, 0.717) is 12.8 Å². The Kier molecular flexibility index (Phi) is 5.32. The summed E-state index contributed by atoms with van der Waals surface area (Å²) in [6.07, 6.45) is 6.28. The van der Waals surface area contributed by atoms with Crippen LogP contribution < -0.4 is 5.32 Å². The molecule has 0 radical (unpaired) electrons. The summed E-state index contributed by atoms with van der Waals surface area (Å²) in [4.78, 5) is 42.9. The van der Waals surface area contributed by atoms with Crippen molar-refractivity contribution in [3.05, 3.63) is 0 Å². The lowest BCUT2D eigenvalue weighted by molar-refractivity contribution is -0.137. The van der Waals surface area contributed by atoms with Crippen molar-refractivity contribution in [1.29, 1.82) is 0 Å². The number of likely N-dealkylation sites (N-methyl/N-ethyl adjacent to an activating group) is 1. The van der Waals surface area contributed by atoms with Gasteiger partial charge < -0.3 is 15.1 Å². The maximum absolute atomic E-state index is 12.9. The lowest BCUT2D eigenvalue weighted by atomic mass is 9.81. The number of likely N-dealkylation sites (tertiary alicyclic amines) is 1. The molecule has 0 aromatic rings. The number of amides is 4. The molecule has 7 nitrogen and oxygen atoms in total. The summed E-state index contributed by atoms with van der Waals surface area (Å²) in [6.45, 7) is 4.98. The van der Waals surface area contributed by atoms with Gasteiger partial charge in [-0.25, -0.2) is 4.79 Å². The number of nitrogens with zero attached hydrogens (tertiary/aromatic N) is 3. The van der Waals surface area contributed by atoms with Crippen LogP contribution in [0.5, 0.6) is 0 Å². The largest absolute Gasteiger partial charge is 0.352 e. The molecule has 0 unspecified atom stereocenters. The van der Waals surface area contributed by atoms with E-state index in [1.165, 1.54) is 0 Å². The number of nitrogens with one attached hydrogen (secondary N) is 1. The van der Waals surface area contributed by atoms with Gasteiger partial charge >= 0.3 is 6.03 Å². The Labute approximate surface area is 149 Å². The zero-order valence-corrected chi connectivity index (χ0v) is 15.4. The van der Waals surface area contributed by atoms with Crippen molar-refractivity contribution < 1.29 is 14.4 Å². The third-order valence-corrected chi connectivity index (χ3v) is 6.19. The van der Waals surface area contributed by atoms with Crippen LogP contribution in [-0.4, -0.2) is 77.4 Å². The summed E-state index contributed by atoms with van der Waals surface area (Å²) in [7, 11) is 1.70. The second kappa shape index (κ2) is 7.32. The number of carbonyl (C=O) groups is 3. The highest BCUT2D eigenvalue weighted by molar-refractivity contribution is 6.08. The maximum Gasteiger partial charge on any atom is 0.327 e. The minimum atomic E-state index is -0.706. The highest BCUT2D eigenvalue weighted by Gasteiger charge is 2.55. The zero-order chi connectivity index (χ0) is 18.0. The molecular weight excluding hydrogens is 320 g/mol. The molecule has 1 N–H and O–H groups in total. The average Bonchev–Trinajstić information content (AvgIpc) is 2.79. The summed E-state index contributed by atoms with van der Waals surface area (Å²) in [5.41, 5.74) is -0.706. The quantitative estimate of drug-likeness (QED) is 0.773. The third-order valence-electron chi connectivity index (χ3n) is 6.19. The molecular formula is C18H30N4O3. The smallest absolute Gasteiger partial charge is 0.327 e. The van der Waals surface area contributed by atoms with Gasteiger partial charge in [-0.3, -0.25) is 14.5 Å². The molecule has 7 heteroatoms. The Morgan fingerprint density at radius 3 is 2.40 bits per heavy atom. The van der Waals surface area contributed by atoms with Crippen LogP contribution in [0.1, 0.15) is 51.9 Å². The molecule has 0 aromatic heterocycles. The Bertz CT molecular complexity index is 536. The Hall–Kier alpha value is -1.63. The van der Waals surface area contributed by atoms with Gasteiger partial charge in [-0.15, -0.1) is 0 Å². The average molecular weight is 350 g/mol. The lowest BCUT2D eigenvalue weighted by Gasteiger charge is -2.35. The van der Waals surface area contributed by atoms with Crippen molar-refractivity contribution >= 4 is 17.8 Å². The van der Waals surface area contributed by atoms with Crippen LogP contribution in [0.25, 0.3) is 0 Å². The van der Waals surface area contributed by atoms with Gasteiger partial charge in [0.1, 0.15) is 12.1 Å². The molecule has 25 heavy (non-hydrogen) atoms. The van der Waals surface area contributed by atoms with Gasteiger partial charge in [-0.1, -0.05) is 26.2 Å². The number of carbonyl (C=O) groups excluding carboxylic acids is 3. The lowest BCUT2D eigenvalue weighted by Crippen LogP contribution is -2.50. The second-order valence-corrected chi connectivity index (χ2v) is 7.60. The van der Waals surface area contributed by atoms with Crippen molar-refractivity contribution in [2.45, 2.75) is 63.5 Å².